The van der Waals surface area contributed by atoms with E-state index in [0.717, 1.165) is 84.5 Å². The molecule has 0 radical (unpaired) electrons. The van der Waals surface area contributed by atoms with E-state index in [2.05, 4.69) is 29.2 Å². The molecule has 0 saturated carbocycles. The number of methoxy groups -OCH3 is 1. The fourth-order valence-electron chi connectivity index (χ4n) is 5.88. The maximum Gasteiger partial charge on any atom is 0.335 e. The average Bonchev–Trinajstić information content (AvgIpc) is 3.09. The van der Waals surface area contributed by atoms with Crippen molar-refractivity contribution >= 4 is 28.7 Å². The number of nitrogens with zero attached hydrogens (tertiary/aromatic N) is 1. The van der Waals surface area contributed by atoms with Crippen molar-refractivity contribution in [2.75, 3.05) is 33.4 Å². The number of fused-ring (bicyclic) bond motifs is 1. The maximum absolute atomic E-state index is 12.5. The molecule has 0 aromatic heterocycles. The molecule has 6 heteroatoms. The van der Waals surface area contributed by atoms with Crippen molar-refractivity contribution in [3.63, 3.8) is 0 Å². The lowest BCUT2D eigenvalue weighted by Gasteiger charge is -2.39. The van der Waals surface area contributed by atoms with Gasteiger partial charge in [0.2, 0.25) is 0 Å². The minimum Gasteiger partial charge on any atom is -0.496 e. The lowest BCUT2D eigenvalue weighted by molar-refractivity contribution is 0.0696. The Morgan fingerprint density at radius 1 is 1.11 bits per heavy atom. The first-order chi connectivity index (χ1) is 18.5. The number of aromatic carboxylic acids is 1. The van der Waals surface area contributed by atoms with Crippen LogP contribution in [0.2, 0.25) is 5.02 Å². The molecule has 0 unspecified atom stereocenters. The third kappa shape index (κ3) is 5.50. The van der Waals surface area contributed by atoms with Crippen LogP contribution >= 0.6 is 11.6 Å². The molecule has 1 fully saturated rings. The number of hydrogen-bond donors (Lipinski definition) is 1. The Morgan fingerprint density at radius 2 is 1.89 bits per heavy atom. The summed E-state index contributed by atoms with van der Waals surface area (Å²) in [6.45, 7) is 2.66. The standard InChI is InChI=1S/C32H33ClFNO3/c1-38-29-8-3-7-28(33)31(29)27-6-2-5-24-18-25(32(36)37)13-14-26(24)30(27)23-11-9-21(10-12-23)17-22-19-35(20-22)16-4-15-34/h3,7-14,18,22H,2,4-6,15-17,19-20H2,1H3,(H,36,37). The third-order valence-corrected chi connectivity index (χ3v) is 8.02. The maximum atomic E-state index is 12.5. The summed E-state index contributed by atoms with van der Waals surface area (Å²) >= 11 is 6.77. The van der Waals surface area contributed by atoms with Crippen LogP contribution in [-0.4, -0.2) is 49.4 Å². The number of rotatable bonds is 9. The molecule has 198 valence electrons. The van der Waals surface area contributed by atoms with E-state index in [0.29, 0.717) is 22.9 Å². The van der Waals surface area contributed by atoms with Crippen LogP contribution < -0.4 is 4.74 Å². The smallest absolute Gasteiger partial charge is 0.335 e. The average molecular weight is 534 g/mol. The number of aryl methyl sites for hydroxylation is 1. The zero-order valence-electron chi connectivity index (χ0n) is 21.7. The first kappa shape index (κ1) is 26.5. The Labute approximate surface area is 228 Å². The topological polar surface area (TPSA) is 49.8 Å². The van der Waals surface area contributed by atoms with Crippen molar-refractivity contribution in [3.8, 4) is 5.75 Å². The number of ether oxygens (including phenoxy) is 1. The van der Waals surface area contributed by atoms with E-state index in [1.807, 2.05) is 30.3 Å². The van der Waals surface area contributed by atoms with Crippen LogP contribution in [0.25, 0.3) is 11.1 Å². The van der Waals surface area contributed by atoms with Gasteiger partial charge >= 0.3 is 5.97 Å². The van der Waals surface area contributed by atoms with Gasteiger partial charge in [-0.25, -0.2) is 4.79 Å². The lowest BCUT2D eigenvalue weighted by Crippen LogP contribution is -2.47. The van der Waals surface area contributed by atoms with E-state index in [1.54, 1.807) is 13.2 Å². The van der Waals surface area contributed by atoms with Gasteiger partial charge in [0.25, 0.3) is 0 Å². The summed E-state index contributed by atoms with van der Waals surface area (Å²) in [6.07, 6.45) is 4.08. The van der Waals surface area contributed by atoms with Crippen LogP contribution in [0, 0.1) is 5.92 Å². The second kappa shape index (κ2) is 11.7. The second-order valence-electron chi connectivity index (χ2n) is 10.3. The van der Waals surface area contributed by atoms with Gasteiger partial charge in [-0.2, -0.15) is 0 Å². The molecule has 1 heterocycles. The largest absolute Gasteiger partial charge is 0.496 e. The van der Waals surface area contributed by atoms with Crippen molar-refractivity contribution in [2.24, 2.45) is 5.92 Å². The van der Waals surface area contributed by atoms with Gasteiger partial charge in [-0.05, 0) is 95.7 Å². The molecule has 2 aliphatic rings. The molecule has 3 aromatic rings. The molecule has 0 spiro atoms. The summed E-state index contributed by atoms with van der Waals surface area (Å²) in [7, 11) is 1.66. The van der Waals surface area contributed by atoms with E-state index in [4.69, 9.17) is 16.3 Å². The molecular weight excluding hydrogens is 501 g/mol. The van der Waals surface area contributed by atoms with Crippen LogP contribution in [0.5, 0.6) is 5.75 Å². The zero-order valence-corrected chi connectivity index (χ0v) is 22.4. The number of likely N-dealkylation sites (tertiary alicyclic amines) is 1. The second-order valence-corrected chi connectivity index (χ2v) is 10.7. The van der Waals surface area contributed by atoms with Gasteiger partial charge in [0.15, 0.2) is 0 Å². The van der Waals surface area contributed by atoms with Gasteiger partial charge in [-0.15, -0.1) is 0 Å². The number of carbonyl (C=O) groups is 1. The molecule has 1 saturated heterocycles. The molecule has 1 aliphatic heterocycles. The SMILES string of the molecule is COc1cccc(Cl)c1C1=C(c2ccc(CC3CN(CCCF)C3)cc2)c2ccc(C(=O)O)cc2CCC1. The molecule has 5 rings (SSSR count). The fraction of sp³-hybridized carbons (Fsp3) is 0.344. The number of benzene rings is 3. The Kier molecular flexibility index (Phi) is 8.15. The van der Waals surface area contributed by atoms with Gasteiger partial charge in [0.05, 0.1) is 24.4 Å². The Hall–Kier alpha value is -3.15. The summed E-state index contributed by atoms with van der Waals surface area (Å²) in [6, 6.07) is 19.9. The van der Waals surface area contributed by atoms with E-state index in [-0.39, 0.29) is 6.67 Å². The highest BCUT2D eigenvalue weighted by Crippen LogP contribution is 2.45. The normalized spacial score (nSPS) is 16.1. The van der Waals surface area contributed by atoms with Crippen molar-refractivity contribution in [1.82, 2.24) is 4.90 Å². The first-order valence-electron chi connectivity index (χ1n) is 13.3. The van der Waals surface area contributed by atoms with Crippen molar-refractivity contribution in [1.29, 1.82) is 0 Å². The summed E-state index contributed by atoms with van der Waals surface area (Å²) in [5.41, 5.74) is 7.84. The van der Waals surface area contributed by atoms with Gasteiger partial charge < -0.3 is 14.7 Å². The number of hydrogen-bond acceptors (Lipinski definition) is 3. The third-order valence-electron chi connectivity index (χ3n) is 7.70. The molecule has 3 aromatic carbocycles. The summed E-state index contributed by atoms with van der Waals surface area (Å²) in [4.78, 5) is 14.0. The van der Waals surface area contributed by atoms with Gasteiger partial charge in [0.1, 0.15) is 5.75 Å². The summed E-state index contributed by atoms with van der Waals surface area (Å²) in [5, 5.41) is 10.2. The molecule has 1 N–H and O–H groups in total. The molecular formula is C32H33ClFNO3. The first-order valence-corrected chi connectivity index (χ1v) is 13.7. The fourth-order valence-corrected chi connectivity index (χ4v) is 6.16. The number of carboxylic acids is 1. The number of alkyl halides is 1. The van der Waals surface area contributed by atoms with Crippen LogP contribution in [0.15, 0.2) is 60.7 Å². The predicted molar refractivity (Wildman–Crippen MR) is 151 cm³/mol. The molecule has 4 nitrogen and oxygen atoms in total. The minimum atomic E-state index is -0.917. The number of allylic oxidation sites excluding steroid dienone is 1. The van der Waals surface area contributed by atoms with E-state index < -0.39 is 5.97 Å². The molecule has 1 aliphatic carbocycles. The highest BCUT2D eigenvalue weighted by molar-refractivity contribution is 6.33. The van der Waals surface area contributed by atoms with E-state index >= 15 is 0 Å². The van der Waals surface area contributed by atoms with Crippen molar-refractivity contribution in [3.05, 3.63) is 99.1 Å². The zero-order chi connectivity index (χ0) is 26.6. The summed E-state index contributed by atoms with van der Waals surface area (Å²) in [5.74, 6) is 0.421. The van der Waals surface area contributed by atoms with Crippen LogP contribution in [0.4, 0.5) is 4.39 Å². The monoisotopic (exact) mass is 533 g/mol. The van der Waals surface area contributed by atoms with Gasteiger partial charge in [-0.3, -0.25) is 4.39 Å². The van der Waals surface area contributed by atoms with E-state index in [9.17, 15) is 14.3 Å². The summed E-state index contributed by atoms with van der Waals surface area (Å²) < 4.78 is 18.2. The molecule has 0 amide bonds. The predicted octanol–water partition coefficient (Wildman–Crippen LogP) is 7.18. The van der Waals surface area contributed by atoms with Crippen LogP contribution in [-0.2, 0) is 12.8 Å². The quantitative estimate of drug-likeness (QED) is 0.316. The van der Waals surface area contributed by atoms with Crippen molar-refractivity contribution in [2.45, 2.75) is 32.1 Å². The van der Waals surface area contributed by atoms with Gasteiger partial charge in [-0.1, -0.05) is 48.0 Å². The molecule has 0 bridgehead atoms. The highest BCUT2D eigenvalue weighted by atomic mass is 35.5. The molecule has 38 heavy (non-hydrogen) atoms. The van der Waals surface area contributed by atoms with Gasteiger partial charge in [0, 0.05) is 25.2 Å². The van der Waals surface area contributed by atoms with E-state index in [1.165, 1.54) is 5.56 Å². The minimum absolute atomic E-state index is 0.249. The van der Waals surface area contributed by atoms with Crippen molar-refractivity contribution < 1.29 is 19.0 Å². The number of carboxylic acid groups (broad SMARTS) is 1. The Bertz CT molecular complexity index is 1350. The Morgan fingerprint density at radius 3 is 2.61 bits per heavy atom. The molecule has 0 atom stereocenters. The number of halogens is 2. The van der Waals surface area contributed by atoms with Crippen LogP contribution in [0.3, 0.4) is 0 Å². The highest BCUT2D eigenvalue weighted by Gasteiger charge is 2.27. The van der Waals surface area contributed by atoms with Crippen LogP contribution in [0.1, 0.15) is 57.4 Å². The lowest BCUT2D eigenvalue weighted by atomic mass is 9.86. The Balaban J connectivity index is 1.54.